The van der Waals surface area contributed by atoms with Crippen molar-refractivity contribution in [3.05, 3.63) is 0 Å². The Balaban J connectivity index is 2.62. The molecule has 0 unspecified atom stereocenters. The van der Waals surface area contributed by atoms with Gasteiger partial charge < -0.3 is 15.0 Å². The van der Waals surface area contributed by atoms with Crippen molar-refractivity contribution in [2.24, 2.45) is 5.41 Å². The summed E-state index contributed by atoms with van der Waals surface area (Å²) in [4.78, 5) is 2.63. The van der Waals surface area contributed by atoms with Crippen molar-refractivity contribution in [3.63, 3.8) is 0 Å². The minimum absolute atomic E-state index is 0.423. The standard InChI is InChI=1S/C14H30N2O/c1-5-8-16(13(2)3)12-14(11-15-4)6-9-17-10-7-14/h13,15H,5-12H2,1-4H3. The van der Waals surface area contributed by atoms with Gasteiger partial charge in [0, 0.05) is 32.3 Å². The Morgan fingerprint density at radius 3 is 2.41 bits per heavy atom. The van der Waals surface area contributed by atoms with Gasteiger partial charge in [-0.15, -0.1) is 0 Å². The van der Waals surface area contributed by atoms with Crippen LogP contribution in [0.4, 0.5) is 0 Å². The van der Waals surface area contributed by atoms with Gasteiger partial charge in [-0.1, -0.05) is 6.92 Å². The zero-order valence-electron chi connectivity index (χ0n) is 12.1. The maximum Gasteiger partial charge on any atom is 0.0472 e. The third-order valence-corrected chi connectivity index (χ3v) is 3.88. The zero-order chi connectivity index (χ0) is 12.7. The summed E-state index contributed by atoms with van der Waals surface area (Å²) >= 11 is 0. The normalized spacial score (nSPS) is 20.1. The topological polar surface area (TPSA) is 24.5 Å². The van der Waals surface area contributed by atoms with Crippen LogP contribution in [0.3, 0.4) is 0 Å². The Kier molecular flexibility index (Phi) is 6.45. The van der Waals surface area contributed by atoms with Gasteiger partial charge in [-0.3, -0.25) is 0 Å². The van der Waals surface area contributed by atoms with Crippen LogP contribution >= 0.6 is 0 Å². The van der Waals surface area contributed by atoms with Crippen LogP contribution in [0, 0.1) is 5.41 Å². The summed E-state index contributed by atoms with van der Waals surface area (Å²) in [5.41, 5.74) is 0.423. The molecule has 1 rings (SSSR count). The third-order valence-electron chi connectivity index (χ3n) is 3.88. The van der Waals surface area contributed by atoms with Crippen molar-refractivity contribution < 1.29 is 4.74 Å². The fourth-order valence-corrected chi connectivity index (χ4v) is 2.81. The van der Waals surface area contributed by atoms with Gasteiger partial charge in [0.2, 0.25) is 0 Å². The summed E-state index contributed by atoms with van der Waals surface area (Å²) < 4.78 is 5.53. The first-order valence-electron chi connectivity index (χ1n) is 7.10. The zero-order valence-corrected chi connectivity index (χ0v) is 12.1. The molecule has 0 amide bonds. The van der Waals surface area contributed by atoms with Gasteiger partial charge in [0.05, 0.1) is 0 Å². The molecule has 17 heavy (non-hydrogen) atoms. The summed E-state index contributed by atoms with van der Waals surface area (Å²) in [6, 6.07) is 0.645. The molecule has 1 aliphatic rings. The number of ether oxygens (including phenoxy) is 1. The molecule has 1 N–H and O–H groups in total. The Bertz CT molecular complexity index is 195. The highest BCUT2D eigenvalue weighted by molar-refractivity contribution is 4.87. The van der Waals surface area contributed by atoms with Crippen molar-refractivity contribution >= 4 is 0 Å². The van der Waals surface area contributed by atoms with Crippen molar-refractivity contribution in [1.29, 1.82) is 0 Å². The smallest absolute Gasteiger partial charge is 0.0472 e. The molecule has 0 aliphatic carbocycles. The van der Waals surface area contributed by atoms with Crippen LogP contribution in [0.1, 0.15) is 40.0 Å². The van der Waals surface area contributed by atoms with E-state index in [-0.39, 0.29) is 0 Å². The first-order chi connectivity index (χ1) is 8.13. The van der Waals surface area contributed by atoms with Gasteiger partial charge in [0.1, 0.15) is 0 Å². The molecule has 0 aromatic heterocycles. The lowest BCUT2D eigenvalue weighted by Gasteiger charge is -2.42. The Labute approximate surface area is 107 Å². The van der Waals surface area contributed by atoms with Gasteiger partial charge in [-0.25, -0.2) is 0 Å². The Morgan fingerprint density at radius 1 is 1.29 bits per heavy atom. The minimum Gasteiger partial charge on any atom is -0.381 e. The number of nitrogens with zero attached hydrogens (tertiary/aromatic N) is 1. The first-order valence-corrected chi connectivity index (χ1v) is 7.10. The average Bonchev–Trinajstić information content (AvgIpc) is 2.30. The molecule has 1 fully saturated rings. The highest BCUT2D eigenvalue weighted by Crippen LogP contribution is 2.31. The average molecular weight is 242 g/mol. The van der Waals surface area contributed by atoms with E-state index < -0.39 is 0 Å². The lowest BCUT2D eigenvalue weighted by Crippen LogP contribution is -2.48. The Hall–Kier alpha value is -0.120. The number of rotatable bonds is 7. The summed E-state index contributed by atoms with van der Waals surface area (Å²) in [5.74, 6) is 0. The van der Waals surface area contributed by atoms with E-state index in [0.717, 1.165) is 19.8 Å². The van der Waals surface area contributed by atoms with Crippen LogP contribution in [0.25, 0.3) is 0 Å². The maximum absolute atomic E-state index is 5.53. The SMILES string of the molecule is CCCN(CC1(CNC)CCOCC1)C(C)C. The predicted molar refractivity (Wildman–Crippen MR) is 73.4 cm³/mol. The molecule has 102 valence electrons. The molecule has 0 atom stereocenters. The van der Waals surface area contributed by atoms with E-state index in [0.29, 0.717) is 11.5 Å². The summed E-state index contributed by atoms with van der Waals surface area (Å²) in [5, 5.41) is 3.38. The second-order valence-electron chi connectivity index (χ2n) is 5.71. The molecule has 1 aliphatic heterocycles. The molecular weight excluding hydrogens is 212 g/mol. The van der Waals surface area contributed by atoms with Crippen molar-refractivity contribution in [2.45, 2.75) is 46.1 Å². The van der Waals surface area contributed by atoms with Gasteiger partial charge in [0.15, 0.2) is 0 Å². The molecule has 0 saturated carbocycles. The van der Waals surface area contributed by atoms with Crippen molar-refractivity contribution in [3.8, 4) is 0 Å². The van der Waals surface area contributed by atoms with Gasteiger partial charge in [-0.05, 0) is 52.1 Å². The molecule has 0 spiro atoms. The molecule has 0 aromatic carbocycles. The number of nitrogens with one attached hydrogen (secondary N) is 1. The molecule has 1 saturated heterocycles. The van der Waals surface area contributed by atoms with Crippen LogP contribution in [0.15, 0.2) is 0 Å². The molecule has 1 heterocycles. The van der Waals surface area contributed by atoms with Gasteiger partial charge in [-0.2, -0.15) is 0 Å². The van der Waals surface area contributed by atoms with E-state index in [1.807, 2.05) is 0 Å². The van der Waals surface area contributed by atoms with Crippen molar-refractivity contribution in [1.82, 2.24) is 10.2 Å². The van der Waals surface area contributed by atoms with E-state index in [4.69, 9.17) is 4.74 Å². The van der Waals surface area contributed by atoms with Crippen LogP contribution in [-0.4, -0.2) is 50.8 Å². The molecular formula is C14H30N2O. The second-order valence-corrected chi connectivity index (χ2v) is 5.71. The van der Waals surface area contributed by atoms with E-state index in [9.17, 15) is 0 Å². The molecule has 3 heteroatoms. The highest BCUT2D eigenvalue weighted by Gasteiger charge is 2.34. The Morgan fingerprint density at radius 2 is 1.94 bits per heavy atom. The van der Waals surface area contributed by atoms with E-state index in [2.05, 4.69) is 38.0 Å². The van der Waals surface area contributed by atoms with E-state index >= 15 is 0 Å². The predicted octanol–water partition coefficient (Wildman–Crippen LogP) is 2.12. The fraction of sp³-hybridized carbons (Fsp3) is 1.00. The highest BCUT2D eigenvalue weighted by atomic mass is 16.5. The first kappa shape index (κ1) is 14.9. The molecule has 0 radical (unpaired) electrons. The van der Waals surface area contributed by atoms with E-state index in [1.165, 1.54) is 32.4 Å². The summed E-state index contributed by atoms with van der Waals surface area (Å²) in [7, 11) is 2.07. The molecule has 0 aromatic rings. The largest absolute Gasteiger partial charge is 0.381 e. The van der Waals surface area contributed by atoms with Crippen molar-refractivity contribution in [2.75, 3.05) is 39.9 Å². The van der Waals surface area contributed by atoms with Gasteiger partial charge in [0.25, 0.3) is 0 Å². The fourth-order valence-electron chi connectivity index (χ4n) is 2.81. The van der Waals surface area contributed by atoms with Crippen LogP contribution in [0.5, 0.6) is 0 Å². The summed E-state index contributed by atoms with van der Waals surface area (Å²) in [6.07, 6.45) is 3.63. The molecule has 0 bridgehead atoms. The maximum atomic E-state index is 5.53. The van der Waals surface area contributed by atoms with Gasteiger partial charge >= 0.3 is 0 Å². The number of hydrogen-bond donors (Lipinski definition) is 1. The van der Waals surface area contributed by atoms with Crippen LogP contribution in [0.2, 0.25) is 0 Å². The van der Waals surface area contributed by atoms with E-state index in [1.54, 1.807) is 0 Å². The third kappa shape index (κ3) is 4.57. The second kappa shape index (κ2) is 7.34. The number of hydrogen-bond acceptors (Lipinski definition) is 3. The minimum atomic E-state index is 0.423. The molecule has 3 nitrogen and oxygen atoms in total. The van der Waals surface area contributed by atoms with Crippen LogP contribution < -0.4 is 5.32 Å². The van der Waals surface area contributed by atoms with Crippen LogP contribution in [-0.2, 0) is 4.74 Å². The quantitative estimate of drug-likeness (QED) is 0.740. The lowest BCUT2D eigenvalue weighted by atomic mass is 9.79. The monoisotopic (exact) mass is 242 g/mol. The lowest BCUT2D eigenvalue weighted by molar-refractivity contribution is -0.00859. The summed E-state index contributed by atoms with van der Waals surface area (Å²) in [6.45, 7) is 12.3.